The highest BCUT2D eigenvalue weighted by Crippen LogP contribution is 2.33. The van der Waals surface area contributed by atoms with Crippen molar-refractivity contribution in [1.29, 1.82) is 0 Å². The number of nitrogens with zero attached hydrogens (tertiary/aromatic N) is 5. The summed E-state index contributed by atoms with van der Waals surface area (Å²) in [4.78, 5) is 12.9. The van der Waals surface area contributed by atoms with Gasteiger partial charge in [-0.3, -0.25) is 9.99 Å². The summed E-state index contributed by atoms with van der Waals surface area (Å²) in [7, 11) is 0. The van der Waals surface area contributed by atoms with Crippen molar-refractivity contribution in [3.05, 3.63) is 11.6 Å². The topological polar surface area (TPSA) is 118 Å². The lowest BCUT2D eigenvalue weighted by molar-refractivity contribution is -0.0291. The van der Waals surface area contributed by atoms with Crippen LogP contribution < -0.4 is 5.43 Å². The second-order valence-electron chi connectivity index (χ2n) is 6.72. The summed E-state index contributed by atoms with van der Waals surface area (Å²) >= 11 is 11.9. The lowest BCUT2D eigenvalue weighted by atomic mass is 10.1. The van der Waals surface area contributed by atoms with Gasteiger partial charge >= 0.3 is 0 Å². The highest BCUT2D eigenvalue weighted by molar-refractivity contribution is 6.28. The molecule has 2 saturated heterocycles. The van der Waals surface area contributed by atoms with Crippen molar-refractivity contribution in [3.8, 4) is 0 Å². The van der Waals surface area contributed by atoms with E-state index in [1.54, 1.807) is 0 Å². The molecule has 10 nitrogen and oxygen atoms in total. The van der Waals surface area contributed by atoms with Gasteiger partial charge in [0.2, 0.25) is 5.28 Å². The van der Waals surface area contributed by atoms with Crippen LogP contribution in [0.1, 0.15) is 26.0 Å². The van der Waals surface area contributed by atoms with Crippen molar-refractivity contribution >= 4 is 40.2 Å². The SMILES string of the molecule is CCOC1CCCN1Nc1nc(Cl)nc2c1ncn2[C@@H]1O[C@H](CCl)[C@@H](O)[C@H]1O. The number of imidazole rings is 1. The van der Waals surface area contributed by atoms with E-state index in [0.29, 0.717) is 23.6 Å². The van der Waals surface area contributed by atoms with Crippen molar-refractivity contribution < 1.29 is 19.7 Å². The first kappa shape index (κ1) is 20.0. The number of anilines is 1. The highest BCUT2D eigenvalue weighted by atomic mass is 35.5. The van der Waals surface area contributed by atoms with Gasteiger partial charge in [0.1, 0.15) is 24.5 Å². The van der Waals surface area contributed by atoms with Crippen molar-refractivity contribution in [3.63, 3.8) is 0 Å². The highest BCUT2D eigenvalue weighted by Gasteiger charge is 2.44. The van der Waals surface area contributed by atoms with Crippen LogP contribution in [0.15, 0.2) is 6.33 Å². The number of ether oxygens (including phenoxy) is 2. The number of nitrogens with one attached hydrogen (secondary N) is 1. The molecule has 0 spiro atoms. The summed E-state index contributed by atoms with van der Waals surface area (Å²) < 4.78 is 12.9. The third-order valence-electron chi connectivity index (χ3n) is 4.96. The Balaban J connectivity index is 1.66. The Morgan fingerprint density at radius 3 is 2.89 bits per heavy atom. The zero-order chi connectivity index (χ0) is 19.8. The van der Waals surface area contributed by atoms with Gasteiger partial charge in [-0.15, -0.1) is 11.6 Å². The van der Waals surface area contributed by atoms with E-state index >= 15 is 0 Å². The molecule has 12 heteroatoms. The predicted molar refractivity (Wildman–Crippen MR) is 102 cm³/mol. The normalized spacial score (nSPS) is 31.1. The van der Waals surface area contributed by atoms with Crippen molar-refractivity contribution in [2.45, 2.75) is 50.5 Å². The van der Waals surface area contributed by atoms with Crippen LogP contribution >= 0.6 is 23.2 Å². The Kier molecular flexibility index (Phi) is 5.88. The maximum absolute atomic E-state index is 10.4. The molecule has 2 fully saturated rings. The average Bonchev–Trinajstić information content (AvgIpc) is 3.35. The quantitative estimate of drug-likeness (QED) is 0.455. The Hall–Kier alpha value is -1.27. The smallest absolute Gasteiger partial charge is 0.226 e. The van der Waals surface area contributed by atoms with Gasteiger partial charge in [-0.2, -0.15) is 15.0 Å². The van der Waals surface area contributed by atoms with Gasteiger partial charge in [0.25, 0.3) is 0 Å². The molecule has 1 unspecified atom stereocenters. The van der Waals surface area contributed by atoms with Gasteiger partial charge < -0.3 is 19.7 Å². The molecule has 154 valence electrons. The molecule has 0 amide bonds. The van der Waals surface area contributed by atoms with Gasteiger partial charge in [-0.1, -0.05) is 0 Å². The van der Waals surface area contributed by atoms with Gasteiger partial charge in [0.05, 0.1) is 12.2 Å². The third kappa shape index (κ3) is 3.54. The number of hydrogen-bond acceptors (Lipinski definition) is 9. The van der Waals surface area contributed by atoms with Crippen molar-refractivity contribution in [1.82, 2.24) is 24.5 Å². The summed E-state index contributed by atoms with van der Waals surface area (Å²) in [6.45, 7) is 3.36. The molecule has 0 radical (unpaired) electrons. The monoisotopic (exact) mass is 432 g/mol. The second-order valence-corrected chi connectivity index (χ2v) is 7.37. The van der Waals surface area contributed by atoms with Crippen LogP contribution in [0.5, 0.6) is 0 Å². The first-order valence-corrected chi connectivity index (χ1v) is 10.1. The fraction of sp³-hybridized carbons (Fsp3) is 0.688. The molecule has 2 aliphatic heterocycles. The maximum atomic E-state index is 10.4. The number of rotatable bonds is 6. The minimum absolute atomic E-state index is 0.0193. The molecular weight excluding hydrogens is 411 g/mol. The number of hydrogen-bond donors (Lipinski definition) is 3. The number of halogens is 2. The van der Waals surface area contributed by atoms with Crippen LogP contribution in [-0.4, -0.2) is 78.3 Å². The summed E-state index contributed by atoms with van der Waals surface area (Å²) in [6.07, 6.45) is -0.530. The number of fused-ring (bicyclic) bond motifs is 1. The van der Waals surface area contributed by atoms with E-state index < -0.39 is 24.5 Å². The lowest BCUT2D eigenvalue weighted by Gasteiger charge is -2.25. The molecule has 3 N–H and O–H groups in total. The maximum Gasteiger partial charge on any atom is 0.226 e. The lowest BCUT2D eigenvalue weighted by Crippen LogP contribution is -2.37. The summed E-state index contributed by atoms with van der Waals surface area (Å²) in [5.74, 6) is 0.486. The van der Waals surface area contributed by atoms with Crippen LogP contribution in [0.3, 0.4) is 0 Å². The number of aromatic nitrogens is 4. The molecule has 0 aromatic carbocycles. The second kappa shape index (κ2) is 8.23. The van der Waals surface area contributed by atoms with E-state index in [0.717, 1.165) is 19.4 Å². The molecule has 2 aromatic heterocycles. The van der Waals surface area contributed by atoms with Gasteiger partial charge in [-0.05, 0) is 31.4 Å². The molecule has 5 atom stereocenters. The molecular formula is C16H22Cl2N6O4. The van der Waals surface area contributed by atoms with Gasteiger partial charge in [0.15, 0.2) is 23.2 Å². The molecule has 0 aliphatic carbocycles. The van der Waals surface area contributed by atoms with Crippen molar-refractivity contribution in [2.75, 3.05) is 24.5 Å². The molecule has 2 aliphatic rings. The first-order valence-electron chi connectivity index (χ1n) is 9.16. The molecule has 2 aromatic rings. The largest absolute Gasteiger partial charge is 0.387 e. The van der Waals surface area contributed by atoms with E-state index in [2.05, 4.69) is 20.4 Å². The fourth-order valence-electron chi connectivity index (χ4n) is 3.61. The predicted octanol–water partition coefficient (Wildman–Crippen LogP) is 1.12. The number of aliphatic hydroxyl groups is 2. The number of alkyl halides is 1. The van der Waals surface area contributed by atoms with Crippen LogP contribution in [0.2, 0.25) is 5.28 Å². The van der Waals surface area contributed by atoms with Crippen LogP contribution in [0.4, 0.5) is 5.82 Å². The first-order chi connectivity index (χ1) is 13.5. The van der Waals surface area contributed by atoms with E-state index in [9.17, 15) is 10.2 Å². The van der Waals surface area contributed by atoms with E-state index in [4.69, 9.17) is 32.7 Å². The molecule has 0 saturated carbocycles. The zero-order valence-corrected chi connectivity index (χ0v) is 16.7. The molecule has 0 bridgehead atoms. The van der Waals surface area contributed by atoms with Crippen molar-refractivity contribution in [2.24, 2.45) is 0 Å². The van der Waals surface area contributed by atoms with Gasteiger partial charge in [-0.25, -0.2) is 4.98 Å². The van der Waals surface area contributed by atoms with E-state index in [-0.39, 0.29) is 17.4 Å². The molecule has 28 heavy (non-hydrogen) atoms. The minimum atomic E-state index is -1.17. The van der Waals surface area contributed by atoms with E-state index in [1.165, 1.54) is 10.9 Å². The minimum Gasteiger partial charge on any atom is -0.387 e. The van der Waals surface area contributed by atoms with Crippen LogP contribution in [0, 0.1) is 0 Å². The molecule has 4 rings (SSSR count). The van der Waals surface area contributed by atoms with E-state index in [1.807, 2.05) is 11.9 Å². The Labute approximate surface area is 171 Å². The molecule has 4 heterocycles. The Morgan fingerprint density at radius 2 is 2.18 bits per heavy atom. The average molecular weight is 433 g/mol. The summed E-state index contributed by atoms with van der Waals surface area (Å²) in [6, 6.07) is 0. The standard InChI is InChI=1S/C16H22Cl2N6O4/c1-2-27-9-4-3-5-24(9)22-13-10-14(21-16(18)20-13)23(7-19-10)15-12(26)11(25)8(6-17)28-15/h7-9,11-12,15,25-26H,2-6H2,1H3,(H,20,21,22)/t8-,9?,11-,12-,15-/m1/s1. The van der Waals surface area contributed by atoms with Crippen LogP contribution in [-0.2, 0) is 9.47 Å². The Bertz CT molecular complexity index is 839. The fourth-order valence-corrected chi connectivity index (χ4v) is 4.03. The van der Waals surface area contributed by atoms with Gasteiger partial charge in [0, 0.05) is 13.2 Å². The Morgan fingerprint density at radius 1 is 1.36 bits per heavy atom. The summed E-state index contributed by atoms with van der Waals surface area (Å²) in [5.41, 5.74) is 4.07. The summed E-state index contributed by atoms with van der Waals surface area (Å²) in [5, 5.41) is 22.4. The third-order valence-corrected chi connectivity index (χ3v) is 5.44. The zero-order valence-electron chi connectivity index (χ0n) is 15.2. The van der Waals surface area contributed by atoms with Crippen LogP contribution in [0.25, 0.3) is 11.2 Å². The number of hydrazine groups is 1. The number of aliphatic hydroxyl groups excluding tert-OH is 2.